The summed E-state index contributed by atoms with van der Waals surface area (Å²) in [6.07, 6.45) is 0.0880. The van der Waals surface area contributed by atoms with Crippen LogP contribution in [0.3, 0.4) is 0 Å². The standard InChI is InChI=1S/C29H27NO7/c1-4-37-24(31)16-18-10-12-20(13-11-18)30-26(19-8-6-5-7-9-19)25(28(33)29(30)34)27(32)22-17-21(35-2)14-15-23(22)36-3/h5-15,17,26,32H,4,16H2,1-3H3/b27-25+. The van der Waals surface area contributed by atoms with Crippen LogP contribution < -0.4 is 14.4 Å². The van der Waals surface area contributed by atoms with Crippen LogP contribution >= 0.6 is 0 Å². The molecule has 1 N–H and O–H groups in total. The molecule has 1 amide bonds. The number of aliphatic hydroxyl groups is 1. The highest BCUT2D eigenvalue weighted by molar-refractivity contribution is 6.51. The molecule has 8 heteroatoms. The minimum absolute atomic E-state index is 0.0710. The fourth-order valence-corrected chi connectivity index (χ4v) is 4.35. The molecule has 0 radical (unpaired) electrons. The maximum atomic E-state index is 13.4. The smallest absolute Gasteiger partial charge is 0.310 e. The highest BCUT2D eigenvalue weighted by Crippen LogP contribution is 2.43. The van der Waals surface area contributed by atoms with Crippen molar-refractivity contribution in [2.24, 2.45) is 0 Å². The number of amides is 1. The molecule has 1 aliphatic rings. The van der Waals surface area contributed by atoms with Gasteiger partial charge in [-0.2, -0.15) is 0 Å². The Morgan fingerprint density at radius 3 is 2.27 bits per heavy atom. The second-order valence-corrected chi connectivity index (χ2v) is 8.29. The second-order valence-electron chi connectivity index (χ2n) is 8.29. The van der Waals surface area contributed by atoms with Gasteiger partial charge in [-0.05, 0) is 48.4 Å². The summed E-state index contributed by atoms with van der Waals surface area (Å²) in [5, 5.41) is 11.4. The third kappa shape index (κ3) is 5.04. The molecule has 3 aromatic rings. The third-order valence-electron chi connectivity index (χ3n) is 6.09. The van der Waals surface area contributed by atoms with Crippen molar-refractivity contribution in [3.05, 3.63) is 95.1 Å². The van der Waals surface area contributed by atoms with E-state index in [2.05, 4.69) is 0 Å². The Morgan fingerprint density at radius 2 is 1.65 bits per heavy atom. The van der Waals surface area contributed by atoms with Gasteiger partial charge in [0.15, 0.2) is 0 Å². The van der Waals surface area contributed by atoms with E-state index in [4.69, 9.17) is 14.2 Å². The highest BCUT2D eigenvalue weighted by Gasteiger charge is 2.47. The molecule has 4 rings (SSSR count). The van der Waals surface area contributed by atoms with Crippen LogP contribution in [0.1, 0.15) is 29.7 Å². The van der Waals surface area contributed by atoms with E-state index in [0.29, 0.717) is 28.3 Å². The van der Waals surface area contributed by atoms with E-state index >= 15 is 0 Å². The van der Waals surface area contributed by atoms with Crippen LogP contribution in [0.2, 0.25) is 0 Å². The number of esters is 1. The van der Waals surface area contributed by atoms with Crippen LogP contribution in [0.25, 0.3) is 5.76 Å². The van der Waals surface area contributed by atoms with Gasteiger partial charge in [0, 0.05) is 5.69 Å². The maximum absolute atomic E-state index is 13.4. The first-order valence-electron chi connectivity index (χ1n) is 11.7. The van der Waals surface area contributed by atoms with E-state index in [1.54, 1.807) is 73.7 Å². The zero-order chi connectivity index (χ0) is 26.5. The molecule has 0 aromatic heterocycles. The Balaban J connectivity index is 1.84. The molecule has 1 atom stereocenters. The van der Waals surface area contributed by atoms with E-state index in [1.165, 1.54) is 19.1 Å². The molecule has 1 heterocycles. The summed E-state index contributed by atoms with van der Waals surface area (Å²) in [5.74, 6) is -1.57. The summed E-state index contributed by atoms with van der Waals surface area (Å²) in [7, 11) is 2.93. The maximum Gasteiger partial charge on any atom is 0.310 e. The highest BCUT2D eigenvalue weighted by atomic mass is 16.5. The molecule has 0 aliphatic carbocycles. The molecule has 1 saturated heterocycles. The number of carbonyl (C=O) groups excluding carboxylic acids is 3. The average Bonchev–Trinajstić information content (AvgIpc) is 3.19. The van der Waals surface area contributed by atoms with Gasteiger partial charge < -0.3 is 19.3 Å². The Labute approximate surface area is 214 Å². The lowest BCUT2D eigenvalue weighted by Crippen LogP contribution is -2.29. The van der Waals surface area contributed by atoms with Gasteiger partial charge in [-0.3, -0.25) is 19.3 Å². The van der Waals surface area contributed by atoms with E-state index in [0.717, 1.165) is 0 Å². The van der Waals surface area contributed by atoms with Crippen LogP contribution in [-0.2, 0) is 25.5 Å². The predicted octanol–water partition coefficient (Wildman–Crippen LogP) is 4.44. The van der Waals surface area contributed by atoms with Gasteiger partial charge in [-0.1, -0.05) is 42.5 Å². The van der Waals surface area contributed by atoms with Gasteiger partial charge in [-0.15, -0.1) is 0 Å². The zero-order valence-electron chi connectivity index (χ0n) is 20.8. The van der Waals surface area contributed by atoms with Crippen molar-refractivity contribution in [1.29, 1.82) is 0 Å². The van der Waals surface area contributed by atoms with Crippen molar-refractivity contribution in [3.63, 3.8) is 0 Å². The topological polar surface area (TPSA) is 102 Å². The largest absolute Gasteiger partial charge is 0.507 e. The van der Waals surface area contributed by atoms with Gasteiger partial charge in [0.2, 0.25) is 0 Å². The van der Waals surface area contributed by atoms with Crippen molar-refractivity contribution < 1.29 is 33.7 Å². The minimum atomic E-state index is -0.895. The first kappa shape index (κ1) is 25.5. The molecule has 3 aromatic carbocycles. The van der Waals surface area contributed by atoms with Gasteiger partial charge in [0.05, 0.1) is 44.4 Å². The quantitative estimate of drug-likeness (QED) is 0.211. The van der Waals surface area contributed by atoms with Crippen LogP contribution in [0.5, 0.6) is 11.5 Å². The zero-order valence-corrected chi connectivity index (χ0v) is 20.8. The fraction of sp³-hybridized carbons (Fsp3) is 0.207. The first-order chi connectivity index (χ1) is 17.9. The number of nitrogens with zero attached hydrogens (tertiary/aromatic N) is 1. The number of anilines is 1. The van der Waals surface area contributed by atoms with E-state index < -0.39 is 17.7 Å². The SMILES string of the molecule is CCOC(=O)Cc1ccc(N2C(=O)C(=O)/C(=C(/O)c3cc(OC)ccc3OC)C2c2ccccc2)cc1. The molecule has 0 saturated carbocycles. The number of ether oxygens (including phenoxy) is 3. The molecule has 190 valence electrons. The lowest BCUT2D eigenvalue weighted by molar-refractivity contribution is -0.142. The number of benzene rings is 3. The van der Waals surface area contributed by atoms with Crippen molar-refractivity contribution in [1.82, 2.24) is 0 Å². The number of Topliss-reactive ketones (excluding diaryl/α,β-unsaturated/α-hetero) is 1. The number of rotatable bonds is 8. The molecule has 0 spiro atoms. The normalized spacial score (nSPS) is 16.5. The predicted molar refractivity (Wildman–Crippen MR) is 138 cm³/mol. The number of aliphatic hydroxyl groups excluding tert-OH is 1. The van der Waals surface area contributed by atoms with Crippen molar-refractivity contribution in [3.8, 4) is 11.5 Å². The van der Waals surface area contributed by atoms with Crippen molar-refractivity contribution in [2.45, 2.75) is 19.4 Å². The van der Waals surface area contributed by atoms with Gasteiger partial charge >= 0.3 is 5.97 Å². The Hall–Kier alpha value is -4.59. The van der Waals surface area contributed by atoms with Crippen LogP contribution in [0.15, 0.2) is 78.4 Å². The molecular formula is C29H27NO7. The molecule has 1 fully saturated rings. The monoisotopic (exact) mass is 501 g/mol. The van der Waals surface area contributed by atoms with E-state index in [1.807, 2.05) is 6.07 Å². The average molecular weight is 502 g/mol. The lowest BCUT2D eigenvalue weighted by atomic mass is 9.94. The molecular weight excluding hydrogens is 474 g/mol. The summed E-state index contributed by atoms with van der Waals surface area (Å²) >= 11 is 0. The number of hydrogen-bond acceptors (Lipinski definition) is 7. The van der Waals surface area contributed by atoms with Crippen LogP contribution in [0.4, 0.5) is 5.69 Å². The van der Waals surface area contributed by atoms with Gasteiger partial charge in [-0.25, -0.2) is 0 Å². The molecule has 1 aliphatic heterocycles. The van der Waals surface area contributed by atoms with Gasteiger partial charge in [0.1, 0.15) is 17.3 Å². The van der Waals surface area contributed by atoms with Gasteiger partial charge in [0.25, 0.3) is 11.7 Å². The summed E-state index contributed by atoms with van der Waals surface area (Å²) in [4.78, 5) is 39.9. The first-order valence-corrected chi connectivity index (χ1v) is 11.7. The Bertz CT molecular complexity index is 1350. The number of hydrogen-bond donors (Lipinski definition) is 1. The van der Waals surface area contributed by atoms with Crippen LogP contribution in [0, 0.1) is 0 Å². The summed E-state index contributed by atoms with van der Waals surface area (Å²) in [6, 6.07) is 19.7. The number of carbonyl (C=O) groups is 3. The third-order valence-corrected chi connectivity index (χ3v) is 6.09. The fourth-order valence-electron chi connectivity index (χ4n) is 4.35. The van der Waals surface area contributed by atoms with E-state index in [9.17, 15) is 19.5 Å². The molecule has 8 nitrogen and oxygen atoms in total. The number of methoxy groups -OCH3 is 2. The second kappa shape index (κ2) is 11.0. The summed E-state index contributed by atoms with van der Waals surface area (Å²) < 4.78 is 15.7. The minimum Gasteiger partial charge on any atom is -0.507 e. The Morgan fingerprint density at radius 1 is 0.946 bits per heavy atom. The summed E-state index contributed by atoms with van der Waals surface area (Å²) in [5.41, 5.74) is 1.95. The number of ketones is 1. The summed E-state index contributed by atoms with van der Waals surface area (Å²) in [6.45, 7) is 2.03. The Kier molecular flexibility index (Phi) is 7.57. The molecule has 0 bridgehead atoms. The lowest BCUT2D eigenvalue weighted by Gasteiger charge is -2.25. The molecule has 37 heavy (non-hydrogen) atoms. The van der Waals surface area contributed by atoms with Crippen molar-refractivity contribution >= 4 is 29.1 Å². The molecule has 1 unspecified atom stereocenters. The van der Waals surface area contributed by atoms with E-state index in [-0.39, 0.29) is 35.9 Å². The van der Waals surface area contributed by atoms with Crippen LogP contribution in [-0.4, -0.2) is 43.6 Å². The van der Waals surface area contributed by atoms with Crippen molar-refractivity contribution in [2.75, 3.05) is 25.7 Å².